The smallest absolute Gasteiger partial charge is 0.452 e. The Labute approximate surface area is 104 Å². The van der Waals surface area contributed by atoms with Crippen molar-refractivity contribution in [3.05, 3.63) is 36.4 Å². The highest BCUT2D eigenvalue weighted by molar-refractivity contribution is 5.86. The number of amides is 1. The molecule has 2 rings (SSSR count). The fourth-order valence-electron chi connectivity index (χ4n) is 1.54. The molecule has 2 aromatic rings. The van der Waals surface area contributed by atoms with E-state index < -0.39 is 6.09 Å². The lowest BCUT2D eigenvalue weighted by Crippen LogP contribution is -1.89. The third-order valence-corrected chi connectivity index (χ3v) is 2.45. The third kappa shape index (κ3) is 2.63. The lowest BCUT2D eigenvalue weighted by atomic mass is 10.1. The van der Waals surface area contributed by atoms with Crippen LogP contribution in [0.3, 0.4) is 0 Å². The SMILES string of the molecule is COC(=O)N=Nc1ccc2cc(OC)ccc2c1. The summed E-state index contributed by atoms with van der Waals surface area (Å²) >= 11 is 0. The number of benzene rings is 2. The second-order valence-electron chi connectivity index (χ2n) is 3.57. The average Bonchev–Trinajstić information content (AvgIpc) is 2.43. The molecular formula is C13H12N2O3. The third-order valence-electron chi connectivity index (χ3n) is 2.45. The van der Waals surface area contributed by atoms with Crippen LogP contribution in [0.2, 0.25) is 0 Å². The Kier molecular flexibility index (Phi) is 3.52. The number of nitrogens with zero attached hydrogens (tertiary/aromatic N) is 2. The Morgan fingerprint density at radius 2 is 1.78 bits per heavy atom. The van der Waals surface area contributed by atoms with E-state index >= 15 is 0 Å². The highest BCUT2D eigenvalue weighted by Crippen LogP contribution is 2.25. The Morgan fingerprint density at radius 1 is 1.06 bits per heavy atom. The topological polar surface area (TPSA) is 60.2 Å². The molecule has 0 saturated carbocycles. The lowest BCUT2D eigenvalue weighted by molar-refractivity contribution is 0.181. The second kappa shape index (κ2) is 5.27. The van der Waals surface area contributed by atoms with Gasteiger partial charge in [0.1, 0.15) is 5.75 Å². The Morgan fingerprint density at radius 3 is 2.50 bits per heavy atom. The summed E-state index contributed by atoms with van der Waals surface area (Å²) in [5, 5.41) is 9.21. The minimum absolute atomic E-state index is 0.595. The summed E-state index contributed by atoms with van der Waals surface area (Å²) in [6.45, 7) is 0. The molecular weight excluding hydrogens is 232 g/mol. The van der Waals surface area contributed by atoms with E-state index in [4.69, 9.17) is 4.74 Å². The van der Waals surface area contributed by atoms with Crippen LogP contribution in [-0.4, -0.2) is 20.3 Å². The van der Waals surface area contributed by atoms with E-state index in [1.165, 1.54) is 7.11 Å². The Bertz CT molecular complexity index is 608. The van der Waals surface area contributed by atoms with Crippen LogP contribution < -0.4 is 4.74 Å². The molecule has 0 atom stereocenters. The number of ether oxygens (including phenoxy) is 2. The molecule has 0 radical (unpaired) electrons. The van der Waals surface area contributed by atoms with Gasteiger partial charge < -0.3 is 9.47 Å². The summed E-state index contributed by atoms with van der Waals surface area (Å²) in [5.41, 5.74) is 0.595. The van der Waals surface area contributed by atoms with Crippen LogP contribution >= 0.6 is 0 Å². The van der Waals surface area contributed by atoms with Gasteiger partial charge in [-0.3, -0.25) is 0 Å². The van der Waals surface area contributed by atoms with Gasteiger partial charge in [-0.05, 0) is 35.0 Å². The zero-order valence-corrected chi connectivity index (χ0v) is 10.1. The second-order valence-corrected chi connectivity index (χ2v) is 3.57. The predicted molar refractivity (Wildman–Crippen MR) is 67.4 cm³/mol. The van der Waals surface area contributed by atoms with Crippen molar-refractivity contribution in [1.82, 2.24) is 0 Å². The van der Waals surface area contributed by atoms with E-state index in [2.05, 4.69) is 15.0 Å². The first-order chi connectivity index (χ1) is 8.72. The van der Waals surface area contributed by atoms with Gasteiger partial charge in [-0.25, -0.2) is 4.79 Å². The van der Waals surface area contributed by atoms with Gasteiger partial charge in [0, 0.05) is 0 Å². The van der Waals surface area contributed by atoms with Crippen LogP contribution in [0.15, 0.2) is 46.6 Å². The number of carbonyl (C=O) groups is 1. The van der Waals surface area contributed by atoms with E-state index in [0.717, 1.165) is 16.5 Å². The fourth-order valence-corrected chi connectivity index (χ4v) is 1.54. The molecule has 0 aromatic heterocycles. The summed E-state index contributed by atoms with van der Waals surface area (Å²) in [6, 6.07) is 11.2. The van der Waals surface area contributed by atoms with E-state index in [1.807, 2.05) is 30.3 Å². The van der Waals surface area contributed by atoms with Crippen molar-refractivity contribution >= 4 is 22.6 Å². The van der Waals surface area contributed by atoms with Gasteiger partial charge in [0.05, 0.1) is 19.9 Å². The predicted octanol–water partition coefficient (Wildman–Crippen LogP) is 3.70. The summed E-state index contributed by atoms with van der Waals surface area (Å²) in [7, 11) is 2.88. The van der Waals surface area contributed by atoms with Gasteiger partial charge in [-0.1, -0.05) is 17.2 Å². The van der Waals surface area contributed by atoms with Crippen molar-refractivity contribution in [2.45, 2.75) is 0 Å². The van der Waals surface area contributed by atoms with Crippen molar-refractivity contribution in [1.29, 1.82) is 0 Å². The molecule has 5 heteroatoms. The van der Waals surface area contributed by atoms with Crippen LogP contribution in [0.4, 0.5) is 10.5 Å². The number of carbonyl (C=O) groups excluding carboxylic acids is 1. The van der Waals surface area contributed by atoms with Crippen LogP contribution in [0.25, 0.3) is 10.8 Å². The maximum atomic E-state index is 10.8. The van der Waals surface area contributed by atoms with Crippen molar-refractivity contribution in [2.24, 2.45) is 10.2 Å². The molecule has 0 heterocycles. The van der Waals surface area contributed by atoms with Crippen molar-refractivity contribution in [2.75, 3.05) is 14.2 Å². The van der Waals surface area contributed by atoms with Crippen LogP contribution in [-0.2, 0) is 4.74 Å². The van der Waals surface area contributed by atoms with Crippen molar-refractivity contribution in [3.63, 3.8) is 0 Å². The van der Waals surface area contributed by atoms with Crippen LogP contribution in [0, 0.1) is 0 Å². The first-order valence-electron chi connectivity index (χ1n) is 5.30. The normalized spacial score (nSPS) is 10.8. The molecule has 18 heavy (non-hydrogen) atoms. The lowest BCUT2D eigenvalue weighted by Gasteiger charge is -2.02. The standard InChI is InChI=1S/C13H12N2O3/c1-17-12-6-4-9-7-11(5-3-10(9)8-12)14-15-13(16)18-2/h3-8H,1-2H3. The quantitative estimate of drug-likeness (QED) is 0.757. The van der Waals surface area contributed by atoms with Crippen molar-refractivity contribution < 1.29 is 14.3 Å². The highest BCUT2D eigenvalue weighted by Gasteiger charge is 1.99. The van der Waals surface area contributed by atoms with Gasteiger partial charge in [0.15, 0.2) is 0 Å². The first-order valence-corrected chi connectivity index (χ1v) is 5.30. The summed E-state index contributed by atoms with van der Waals surface area (Å²) in [6.07, 6.45) is -0.718. The summed E-state index contributed by atoms with van der Waals surface area (Å²) in [5.74, 6) is 0.798. The minimum Gasteiger partial charge on any atom is -0.497 e. The van der Waals surface area contributed by atoms with Crippen molar-refractivity contribution in [3.8, 4) is 5.75 Å². The molecule has 0 aliphatic carbocycles. The fraction of sp³-hybridized carbons (Fsp3) is 0.154. The molecule has 0 spiro atoms. The van der Waals surface area contributed by atoms with Gasteiger partial charge >= 0.3 is 6.09 Å². The molecule has 0 unspecified atom stereocenters. The first kappa shape index (κ1) is 12.0. The number of hydrogen-bond donors (Lipinski definition) is 0. The maximum absolute atomic E-state index is 10.8. The molecule has 92 valence electrons. The molecule has 0 aliphatic heterocycles. The molecule has 0 saturated heterocycles. The molecule has 2 aromatic carbocycles. The molecule has 0 bridgehead atoms. The number of rotatable bonds is 2. The minimum atomic E-state index is -0.718. The Hall–Kier alpha value is -2.43. The van der Waals surface area contributed by atoms with E-state index in [1.54, 1.807) is 13.2 Å². The summed E-state index contributed by atoms with van der Waals surface area (Å²) < 4.78 is 9.52. The van der Waals surface area contributed by atoms with E-state index in [0.29, 0.717) is 5.69 Å². The summed E-state index contributed by atoms with van der Waals surface area (Å²) in [4.78, 5) is 10.8. The monoisotopic (exact) mass is 244 g/mol. The highest BCUT2D eigenvalue weighted by atomic mass is 16.5. The number of hydrogen-bond acceptors (Lipinski definition) is 4. The molecule has 0 aliphatic rings. The van der Waals surface area contributed by atoms with Gasteiger partial charge in [-0.15, -0.1) is 5.11 Å². The van der Waals surface area contributed by atoms with E-state index in [9.17, 15) is 4.79 Å². The largest absolute Gasteiger partial charge is 0.497 e. The van der Waals surface area contributed by atoms with Crippen LogP contribution in [0.5, 0.6) is 5.75 Å². The number of methoxy groups -OCH3 is 2. The Balaban J connectivity index is 2.33. The molecule has 0 fully saturated rings. The van der Waals surface area contributed by atoms with E-state index in [-0.39, 0.29) is 0 Å². The van der Waals surface area contributed by atoms with Gasteiger partial charge in [-0.2, -0.15) is 0 Å². The average molecular weight is 244 g/mol. The number of azo groups is 1. The zero-order chi connectivity index (χ0) is 13.0. The van der Waals surface area contributed by atoms with Crippen LogP contribution in [0.1, 0.15) is 0 Å². The van der Waals surface area contributed by atoms with Gasteiger partial charge in [0.2, 0.25) is 0 Å². The maximum Gasteiger partial charge on any atom is 0.452 e. The molecule has 0 N–H and O–H groups in total. The zero-order valence-electron chi connectivity index (χ0n) is 10.1. The number of fused-ring (bicyclic) bond motifs is 1. The molecule has 1 amide bonds. The van der Waals surface area contributed by atoms with Gasteiger partial charge in [0.25, 0.3) is 0 Å². The molecule has 5 nitrogen and oxygen atoms in total.